The van der Waals surface area contributed by atoms with E-state index in [9.17, 15) is 18.4 Å². The normalized spacial score (nSPS) is 27.2. The Bertz CT molecular complexity index is 466. The molecule has 0 heterocycles. The van der Waals surface area contributed by atoms with Crippen molar-refractivity contribution in [3.63, 3.8) is 0 Å². The first kappa shape index (κ1) is 12.7. The van der Waals surface area contributed by atoms with Gasteiger partial charge in [0.25, 0.3) is 0 Å². The monoisotopic (exact) mass is 255 g/mol. The maximum absolute atomic E-state index is 12.0. The summed E-state index contributed by atoms with van der Waals surface area (Å²) < 4.78 is 39.8. The summed E-state index contributed by atoms with van der Waals surface area (Å²) >= 11 is 0. The van der Waals surface area contributed by atoms with Crippen LogP contribution in [0.25, 0.3) is 0 Å². The van der Waals surface area contributed by atoms with Crippen molar-refractivity contribution >= 4 is 0 Å². The van der Waals surface area contributed by atoms with Gasteiger partial charge in [-0.2, -0.15) is 5.26 Å². The summed E-state index contributed by atoms with van der Waals surface area (Å²) in [5.41, 5.74) is 0.230. The summed E-state index contributed by atoms with van der Waals surface area (Å²) in [4.78, 5) is 0. The fourth-order valence-corrected chi connectivity index (χ4v) is 2.50. The van der Waals surface area contributed by atoms with E-state index in [0.717, 1.165) is 18.4 Å². The quantitative estimate of drug-likeness (QED) is 0.805. The fourth-order valence-electron chi connectivity index (χ4n) is 2.50. The van der Waals surface area contributed by atoms with Gasteiger partial charge in [-0.25, -0.2) is 0 Å². The highest BCUT2D eigenvalue weighted by atomic mass is 19.4. The molecule has 1 aliphatic carbocycles. The molecule has 5 heteroatoms. The Labute approximate surface area is 103 Å². The number of alkyl halides is 3. The van der Waals surface area contributed by atoms with Crippen LogP contribution in [0.5, 0.6) is 5.75 Å². The van der Waals surface area contributed by atoms with Crippen LogP contribution >= 0.6 is 0 Å². The second-order valence-corrected chi connectivity index (χ2v) is 4.78. The highest BCUT2D eigenvalue weighted by molar-refractivity contribution is 5.39. The maximum atomic E-state index is 12.0. The standard InChI is InChI=1S/C13H12F3NO/c1-9-6-12(7-9,8-17)10-2-4-11(5-3-10)18-13(14,15)16/h2-5,9H,6-7H2,1H3. The van der Waals surface area contributed by atoms with Crippen LogP contribution in [0.3, 0.4) is 0 Å². The third kappa shape index (κ3) is 2.42. The first-order valence-electron chi connectivity index (χ1n) is 5.62. The van der Waals surface area contributed by atoms with E-state index < -0.39 is 11.8 Å². The van der Waals surface area contributed by atoms with Gasteiger partial charge in [-0.15, -0.1) is 13.2 Å². The smallest absolute Gasteiger partial charge is 0.406 e. The van der Waals surface area contributed by atoms with E-state index in [-0.39, 0.29) is 5.75 Å². The van der Waals surface area contributed by atoms with Gasteiger partial charge in [-0.05, 0) is 36.5 Å². The summed E-state index contributed by atoms with van der Waals surface area (Å²) in [5.74, 6) is 0.225. The molecule has 0 amide bonds. The predicted octanol–water partition coefficient (Wildman–Crippen LogP) is 3.78. The molecule has 1 aliphatic rings. The minimum atomic E-state index is -4.68. The first-order valence-corrected chi connectivity index (χ1v) is 5.62. The van der Waals surface area contributed by atoms with Crippen LogP contribution in [0.2, 0.25) is 0 Å². The zero-order valence-electron chi connectivity index (χ0n) is 9.79. The lowest BCUT2D eigenvalue weighted by molar-refractivity contribution is -0.274. The molecule has 0 spiro atoms. The van der Waals surface area contributed by atoms with Gasteiger partial charge in [0, 0.05) is 0 Å². The number of rotatable bonds is 2. The molecule has 2 nitrogen and oxygen atoms in total. The molecule has 0 unspecified atom stereocenters. The Morgan fingerprint density at radius 2 is 1.83 bits per heavy atom. The van der Waals surface area contributed by atoms with Gasteiger partial charge < -0.3 is 4.74 Å². The minimum Gasteiger partial charge on any atom is -0.406 e. The van der Waals surface area contributed by atoms with Crippen LogP contribution < -0.4 is 4.74 Å². The van der Waals surface area contributed by atoms with Gasteiger partial charge in [-0.1, -0.05) is 19.1 Å². The van der Waals surface area contributed by atoms with Crippen molar-refractivity contribution in [3.05, 3.63) is 29.8 Å². The molecule has 0 saturated heterocycles. The highest BCUT2D eigenvalue weighted by Crippen LogP contribution is 2.47. The van der Waals surface area contributed by atoms with Crippen LogP contribution in [-0.2, 0) is 5.41 Å². The zero-order chi connectivity index (χ0) is 13.4. The van der Waals surface area contributed by atoms with E-state index in [1.165, 1.54) is 24.3 Å². The van der Waals surface area contributed by atoms with Crippen molar-refractivity contribution in [2.45, 2.75) is 31.5 Å². The van der Waals surface area contributed by atoms with Crippen LogP contribution in [0.15, 0.2) is 24.3 Å². The molecule has 1 aromatic carbocycles. The van der Waals surface area contributed by atoms with Crippen LogP contribution in [0, 0.1) is 17.2 Å². The molecular weight excluding hydrogens is 243 g/mol. The van der Waals surface area contributed by atoms with E-state index >= 15 is 0 Å². The molecule has 1 fully saturated rings. The Balaban J connectivity index is 2.16. The molecule has 1 saturated carbocycles. The molecule has 0 atom stereocenters. The van der Waals surface area contributed by atoms with Crippen molar-refractivity contribution in [2.75, 3.05) is 0 Å². The lowest BCUT2D eigenvalue weighted by Crippen LogP contribution is -2.38. The van der Waals surface area contributed by atoms with Gasteiger partial charge in [0.1, 0.15) is 5.75 Å². The SMILES string of the molecule is CC1CC(C#N)(c2ccc(OC(F)(F)F)cc2)C1. The molecule has 0 radical (unpaired) electrons. The number of nitrogens with zero attached hydrogens (tertiary/aromatic N) is 1. The molecule has 1 aromatic rings. The number of benzene rings is 1. The molecule has 0 bridgehead atoms. The molecule has 0 N–H and O–H groups in total. The topological polar surface area (TPSA) is 33.0 Å². The van der Waals surface area contributed by atoms with Gasteiger partial charge in [0.15, 0.2) is 0 Å². The van der Waals surface area contributed by atoms with Gasteiger partial charge in [0.05, 0.1) is 11.5 Å². The van der Waals surface area contributed by atoms with E-state index in [1.807, 2.05) is 0 Å². The second kappa shape index (κ2) is 4.20. The summed E-state index contributed by atoms with van der Waals surface area (Å²) in [5, 5.41) is 9.20. The number of halogens is 3. The lowest BCUT2D eigenvalue weighted by Gasteiger charge is -2.41. The Morgan fingerprint density at radius 3 is 2.22 bits per heavy atom. The van der Waals surface area contributed by atoms with Gasteiger partial charge in [0.2, 0.25) is 0 Å². The molecule has 96 valence electrons. The van der Waals surface area contributed by atoms with Crippen LogP contribution in [0.4, 0.5) is 13.2 Å². The number of hydrogen-bond acceptors (Lipinski definition) is 2. The molecule has 0 aromatic heterocycles. The lowest BCUT2D eigenvalue weighted by atomic mass is 9.60. The molecule has 2 rings (SSSR count). The summed E-state index contributed by atoms with van der Waals surface area (Å²) in [6.07, 6.45) is -3.18. The second-order valence-electron chi connectivity index (χ2n) is 4.78. The number of nitriles is 1. The summed E-state index contributed by atoms with van der Waals surface area (Å²) in [6, 6.07) is 7.85. The average molecular weight is 255 g/mol. The Kier molecular flexibility index (Phi) is 2.97. The first-order chi connectivity index (χ1) is 8.35. The predicted molar refractivity (Wildman–Crippen MR) is 58.8 cm³/mol. The van der Waals surface area contributed by atoms with Crippen molar-refractivity contribution in [3.8, 4) is 11.8 Å². The summed E-state index contributed by atoms with van der Waals surface area (Å²) in [6.45, 7) is 2.05. The van der Waals surface area contributed by atoms with Crippen molar-refractivity contribution < 1.29 is 17.9 Å². The average Bonchev–Trinajstić information content (AvgIpc) is 2.23. The van der Waals surface area contributed by atoms with Crippen molar-refractivity contribution in [1.82, 2.24) is 0 Å². The third-order valence-electron chi connectivity index (χ3n) is 3.25. The zero-order valence-corrected chi connectivity index (χ0v) is 9.79. The van der Waals surface area contributed by atoms with Crippen molar-refractivity contribution in [1.29, 1.82) is 5.26 Å². The van der Waals surface area contributed by atoms with E-state index in [1.54, 1.807) is 0 Å². The highest BCUT2D eigenvalue weighted by Gasteiger charge is 2.43. The van der Waals surface area contributed by atoms with Gasteiger partial charge >= 0.3 is 6.36 Å². The number of hydrogen-bond donors (Lipinski definition) is 0. The molecule has 0 aliphatic heterocycles. The summed E-state index contributed by atoms with van der Waals surface area (Å²) in [7, 11) is 0. The van der Waals surface area contributed by atoms with Gasteiger partial charge in [-0.3, -0.25) is 0 Å². The largest absolute Gasteiger partial charge is 0.573 e. The van der Waals surface area contributed by atoms with E-state index in [2.05, 4.69) is 17.7 Å². The Morgan fingerprint density at radius 1 is 1.28 bits per heavy atom. The molecular formula is C13H12F3NO. The van der Waals surface area contributed by atoms with E-state index in [4.69, 9.17) is 0 Å². The van der Waals surface area contributed by atoms with Crippen LogP contribution in [0.1, 0.15) is 25.3 Å². The Hall–Kier alpha value is -1.70. The van der Waals surface area contributed by atoms with Crippen LogP contribution in [-0.4, -0.2) is 6.36 Å². The third-order valence-corrected chi connectivity index (χ3v) is 3.25. The maximum Gasteiger partial charge on any atom is 0.573 e. The van der Waals surface area contributed by atoms with E-state index in [0.29, 0.717) is 5.92 Å². The number of ether oxygens (including phenoxy) is 1. The minimum absolute atomic E-state index is 0.258. The molecule has 18 heavy (non-hydrogen) atoms. The van der Waals surface area contributed by atoms with Crippen molar-refractivity contribution in [2.24, 2.45) is 5.92 Å². The fraction of sp³-hybridized carbons (Fsp3) is 0.462.